The van der Waals surface area contributed by atoms with Crippen molar-refractivity contribution < 1.29 is 9.13 Å². The molecule has 0 spiro atoms. The molecular weight excluding hydrogens is 269 g/mol. The molecule has 0 saturated heterocycles. The number of nitrogens with one attached hydrogen (secondary N) is 1. The highest BCUT2D eigenvalue weighted by Crippen LogP contribution is 2.21. The second-order valence-electron chi connectivity index (χ2n) is 3.67. The largest absolute Gasteiger partial charge is 0.488 e. The Morgan fingerprint density at radius 2 is 1.95 bits per heavy atom. The minimum absolute atomic E-state index is 0. The average molecular weight is 282 g/mol. The maximum Gasteiger partial charge on any atom is 0.137 e. The lowest BCUT2D eigenvalue weighted by Gasteiger charge is -2.11. The molecule has 100 valence electrons. The van der Waals surface area contributed by atoms with Crippen molar-refractivity contribution in [2.75, 3.05) is 0 Å². The predicted molar refractivity (Wildman–Crippen MR) is 73.2 cm³/mol. The molecule has 0 amide bonds. The Morgan fingerprint density at radius 1 is 1.26 bits per heavy atom. The lowest BCUT2D eigenvalue weighted by Crippen LogP contribution is -2.15. The second kappa shape index (κ2) is 6.70. The molecule has 6 heteroatoms. The smallest absolute Gasteiger partial charge is 0.137 e. The normalized spacial score (nSPS) is 9.53. The van der Waals surface area contributed by atoms with Crippen LogP contribution in [0.4, 0.5) is 4.39 Å². The number of pyridine rings is 1. The number of amidine groups is 1. The predicted octanol–water partition coefficient (Wildman–Crippen LogP) is 2.51. The summed E-state index contributed by atoms with van der Waals surface area (Å²) in [6, 6.07) is 7.94. The summed E-state index contributed by atoms with van der Waals surface area (Å²) in [6.45, 7) is 0.270. The molecule has 0 unspecified atom stereocenters. The van der Waals surface area contributed by atoms with E-state index in [-0.39, 0.29) is 36.2 Å². The molecule has 0 fully saturated rings. The van der Waals surface area contributed by atoms with Crippen molar-refractivity contribution in [3.05, 3.63) is 59.7 Å². The Hall–Kier alpha value is -2.14. The van der Waals surface area contributed by atoms with Gasteiger partial charge in [0.2, 0.25) is 0 Å². The summed E-state index contributed by atoms with van der Waals surface area (Å²) in [4.78, 5) is 3.89. The number of aromatic nitrogens is 1. The van der Waals surface area contributed by atoms with Crippen LogP contribution >= 0.6 is 12.4 Å². The standard InChI is InChI=1S/C13H12FN3O.ClH/c14-10-2-1-3-11(12(10)13(15)16)18-8-9-4-6-17-7-5-9;/h1-7H,8H2,(H3,15,16);1H. The Morgan fingerprint density at radius 3 is 2.58 bits per heavy atom. The highest BCUT2D eigenvalue weighted by atomic mass is 35.5. The van der Waals surface area contributed by atoms with Gasteiger partial charge in [0, 0.05) is 12.4 Å². The van der Waals surface area contributed by atoms with Crippen LogP contribution < -0.4 is 10.5 Å². The number of hydrogen-bond donors (Lipinski definition) is 2. The van der Waals surface area contributed by atoms with Crippen LogP contribution in [0.15, 0.2) is 42.7 Å². The Labute approximate surface area is 116 Å². The van der Waals surface area contributed by atoms with Crippen molar-refractivity contribution in [1.29, 1.82) is 5.41 Å². The van der Waals surface area contributed by atoms with Crippen LogP contribution in [0.1, 0.15) is 11.1 Å². The second-order valence-corrected chi connectivity index (χ2v) is 3.67. The third kappa shape index (κ3) is 3.66. The monoisotopic (exact) mass is 281 g/mol. The molecule has 1 aromatic carbocycles. The van der Waals surface area contributed by atoms with Crippen LogP contribution in [0.2, 0.25) is 0 Å². The van der Waals surface area contributed by atoms with Crippen LogP contribution in [-0.4, -0.2) is 10.8 Å². The van der Waals surface area contributed by atoms with E-state index in [0.29, 0.717) is 0 Å². The van der Waals surface area contributed by atoms with E-state index in [9.17, 15) is 4.39 Å². The van der Waals surface area contributed by atoms with Gasteiger partial charge in [0.15, 0.2) is 0 Å². The van der Waals surface area contributed by atoms with Crippen molar-refractivity contribution >= 4 is 18.2 Å². The zero-order chi connectivity index (χ0) is 13.0. The molecule has 2 rings (SSSR count). The van der Waals surface area contributed by atoms with Crippen molar-refractivity contribution in [3.8, 4) is 5.75 Å². The van der Waals surface area contributed by atoms with Crippen molar-refractivity contribution in [2.45, 2.75) is 6.61 Å². The van der Waals surface area contributed by atoms with E-state index in [1.807, 2.05) is 0 Å². The molecule has 2 aromatic rings. The van der Waals surface area contributed by atoms with Gasteiger partial charge in [-0.3, -0.25) is 10.4 Å². The average Bonchev–Trinajstić information content (AvgIpc) is 2.37. The zero-order valence-corrected chi connectivity index (χ0v) is 10.8. The Balaban J connectivity index is 0.00000180. The molecule has 19 heavy (non-hydrogen) atoms. The number of nitrogen functional groups attached to an aromatic ring is 1. The van der Waals surface area contributed by atoms with E-state index in [4.69, 9.17) is 15.9 Å². The van der Waals surface area contributed by atoms with Gasteiger partial charge in [-0.2, -0.15) is 0 Å². The van der Waals surface area contributed by atoms with Gasteiger partial charge in [0.25, 0.3) is 0 Å². The van der Waals surface area contributed by atoms with Gasteiger partial charge in [-0.25, -0.2) is 4.39 Å². The van der Waals surface area contributed by atoms with Crippen LogP contribution in [0.25, 0.3) is 0 Å². The first-order chi connectivity index (χ1) is 8.68. The summed E-state index contributed by atoms with van der Waals surface area (Å²) in [5.41, 5.74) is 6.24. The zero-order valence-electron chi connectivity index (χ0n) is 9.97. The minimum Gasteiger partial charge on any atom is -0.488 e. The summed E-state index contributed by atoms with van der Waals surface area (Å²) < 4.78 is 19.0. The number of hydrogen-bond acceptors (Lipinski definition) is 3. The van der Waals surface area contributed by atoms with E-state index in [0.717, 1.165) is 5.56 Å². The summed E-state index contributed by atoms with van der Waals surface area (Å²) in [5.74, 6) is -0.646. The van der Waals surface area contributed by atoms with Crippen molar-refractivity contribution in [1.82, 2.24) is 4.98 Å². The molecule has 0 radical (unpaired) electrons. The number of benzene rings is 1. The molecule has 0 atom stereocenters. The van der Waals surface area contributed by atoms with Gasteiger partial charge in [0.05, 0.1) is 5.56 Å². The Bertz CT molecular complexity index is 563. The van der Waals surface area contributed by atoms with E-state index in [2.05, 4.69) is 4.98 Å². The highest BCUT2D eigenvalue weighted by molar-refractivity contribution is 5.97. The van der Waals surface area contributed by atoms with Crippen LogP contribution in [0.3, 0.4) is 0 Å². The van der Waals surface area contributed by atoms with E-state index in [1.54, 1.807) is 30.6 Å². The lowest BCUT2D eigenvalue weighted by atomic mass is 10.1. The summed E-state index contributed by atoms with van der Waals surface area (Å²) in [6.07, 6.45) is 3.30. The lowest BCUT2D eigenvalue weighted by molar-refractivity contribution is 0.303. The molecule has 1 aromatic heterocycles. The van der Waals surface area contributed by atoms with E-state index >= 15 is 0 Å². The first kappa shape index (κ1) is 14.9. The third-order valence-electron chi connectivity index (χ3n) is 2.39. The fraction of sp³-hybridized carbons (Fsp3) is 0.0769. The van der Waals surface area contributed by atoms with Crippen LogP contribution in [0.5, 0.6) is 5.75 Å². The fourth-order valence-electron chi connectivity index (χ4n) is 1.53. The molecule has 0 aliphatic heterocycles. The number of nitrogens with zero attached hydrogens (tertiary/aromatic N) is 1. The topological polar surface area (TPSA) is 72.0 Å². The number of rotatable bonds is 4. The van der Waals surface area contributed by atoms with Crippen LogP contribution in [0, 0.1) is 11.2 Å². The number of ether oxygens (including phenoxy) is 1. The highest BCUT2D eigenvalue weighted by Gasteiger charge is 2.12. The molecule has 0 bridgehead atoms. The molecule has 1 heterocycles. The molecule has 3 N–H and O–H groups in total. The molecular formula is C13H13ClFN3O. The van der Waals surface area contributed by atoms with Gasteiger partial charge in [-0.1, -0.05) is 6.07 Å². The molecule has 0 aliphatic rings. The van der Waals surface area contributed by atoms with Gasteiger partial charge in [-0.15, -0.1) is 12.4 Å². The maximum atomic E-state index is 13.5. The number of nitrogens with two attached hydrogens (primary N) is 1. The van der Waals surface area contributed by atoms with Gasteiger partial charge in [0.1, 0.15) is 24.0 Å². The minimum atomic E-state index is -0.560. The van der Waals surface area contributed by atoms with Gasteiger partial charge < -0.3 is 10.5 Å². The van der Waals surface area contributed by atoms with Crippen molar-refractivity contribution in [2.24, 2.45) is 5.73 Å². The van der Waals surface area contributed by atoms with Gasteiger partial charge in [-0.05, 0) is 29.8 Å². The summed E-state index contributed by atoms with van der Waals surface area (Å²) in [7, 11) is 0. The first-order valence-electron chi connectivity index (χ1n) is 5.33. The van der Waals surface area contributed by atoms with E-state index in [1.165, 1.54) is 12.1 Å². The Kier molecular flexibility index (Phi) is 5.26. The summed E-state index contributed by atoms with van der Waals surface area (Å²) >= 11 is 0. The van der Waals surface area contributed by atoms with Crippen LogP contribution in [-0.2, 0) is 6.61 Å². The third-order valence-corrected chi connectivity index (χ3v) is 2.39. The maximum absolute atomic E-state index is 13.5. The SMILES string of the molecule is Cl.N=C(N)c1c(F)cccc1OCc1ccncc1. The fourth-order valence-corrected chi connectivity index (χ4v) is 1.53. The molecule has 0 aliphatic carbocycles. The quantitative estimate of drug-likeness (QED) is 0.668. The first-order valence-corrected chi connectivity index (χ1v) is 5.33. The summed E-state index contributed by atoms with van der Waals surface area (Å²) in [5, 5.41) is 7.35. The van der Waals surface area contributed by atoms with Crippen molar-refractivity contribution in [3.63, 3.8) is 0 Å². The van der Waals surface area contributed by atoms with E-state index < -0.39 is 5.82 Å². The molecule has 0 saturated carbocycles. The number of halogens is 2. The van der Waals surface area contributed by atoms with Gasteiger partial charge >= 0.3 is 0 Å². The molecule has 4 nitrogen and oxygen atoms in total.